The fraction of sp³-hybridized carbons (Fsp3) is 0.261. The van der Waals surface area contributed by atoms with Crippen molar-refractivity contribution in [2.75, 3.05) is 5.32 Å². The van der Waals surface area contributed by atoms with Crippen molar-refractivity contribution in [1.82, 2.24) is 9.97 Å². The molecule has 2 aromatic carbocycles. The fourth-order valence-corrected chi connectivity index (χ4v) is 3.78. The van der Waals surface area contributed by atoms with E-state index in [4.69, 9.17) is 5.11 Å². The summed E-state index contributed by atoms with van der Waals surface area (Å²) < 4.78 is 14.5. The Labute approximate surface area is 168 Å². The van der Waals surface area contributed by atoms with Gasteiger partial charge < -0.3 is 10.4 Å². The number of halogens is 1. The molecule has 2 N–H and O–H groups in total. The summed E-state index contributed by atoms with van der Waals surface area (Å²) in [5.74, 6) is -1.12. The van der Waals surface area contributed by atoms with E-state index in [-0.39, 0.29) is 17.7 Å². The van der Waals surface area contributed by atoms with Crippen LogP contribution < -0.4 is 5.32 Å². The largest absolute Gasteiger partial charge is 0.481 e. The summed E-state index contributed by atoms with van der Waals surface area (Å²) in [6, 6.07) is 17.6. The number of anilines is 1. The van der Waals surface area contributed by atoms with Gasteiger partial charge in [0.25, 0.3) is 0 Å². The maximum absolute atomic E-state index is 14.5. The third kappa shape index (κ3) is 4.42. The van der Waals surface area contributed by atoms with Crippen molar-refractivity contribution in [3.05, 3.63) is 66.6 Å². The summed E-state index contributed by atoms with van der Waals surface area (Å²) in [5.41, 5.74) is 2.98. The van der Waals surface area contributed by atoms with Gasteiger partial charge >= 0.3 is 5.97 Å². The van der Waals surface area contributed by atoms with Crippen LogP contribution in [0.2, 0.25) is 0 Å². The van der Waals surface area contributed by atoms with Gasteiger partial charge in [-0.3, -0.25) is 4.79 Å². The van der Waals surface area contributed by atoms with Gasteiger partial charge in [-0.2, -0.15) is 0 Å². The van der Waals surface area contributed by atoms with Gasteiger partial charge in [-0.05, 0) is 42.9 Å². The molecule has 1 aliphatic carbocycles. The van der Waals surface area contributed by atoms with Crippen LogP contribution in [0.5, 0.6) is 0 Å². The maximum atomic E-state index is 14.5. The van der Waals surface area contributed by atoms with Crippen molar-refractivity contribution in [3.63, 3.8) is 0 Å². The molecule has 3 aromatic rings. The van der Waals surface area contributed by atoms with Crippen LogP contribution in [-0.2, 0) is 4.79 Å². The van der Waals surface area contributed by atoms with Crippen LogP contribution in [0.3, 0.4) is 0 Å². The quantitative estimate of drug-likeness (QED) is 0.640. The molecular formula is C23H22FN3O2. The molecule has 0 spiro atoms. The van der Waals surface area contributed by atoms with Gasteiger partial charge in [0, 0.05) is 11.6 Å². The molecular weight excluding hydrogens is 369 g/mol. The first-order valence-electron chi connectivity index (χ1n) is 9.78. The standard InChI is InChI=1S/C23H22FN3O2/c24-20-14-25-23(26-19-11-9-16(10-12-19)22(28)29)27-21(20)18-8-4-7-17(13-18)15-5-2-1-3-6-15/h1-8,13-14,16,19H,9-12H2,(H,28,29)(H,25,26,27). The van der Waals surface area contributed by atoms with E-state index in [9.17, 15) is 9.18 Å². The molecule has 6 heteroatoms. The molecule has 4 rings (SSSR count). The number of benzene rings is 2. The lowest BCUT2D eigenvalue weighted by Crippen LogP contribution is -2.29. The first-order chi connectivity index (χ1) is 14.1. The first-order valence-corrected chi connectivity index (χ1v) is 9.78. The second-order valence-electron chi connectivity index (χ2n) is 7.37. The van der Waals surface area contributed by atoms with Crippen LogP contribution in [-0.4, -0.2) is 27.1 Å². The minimum absolute atomic E-state index is 0.0968. The molecule has 0 radical (unpaired) electrons. The highest BCUT2D eigenvalue weighted by atomic mass is 19.1. The average molecular weight is 391 g/mol. The van der Waals surface area contributed by atoms with Gasteiger partial charge in [0.2, 0.25) is 5.95 Å². The third-order valence-corrected chi connectivity index (χ3v) is 5.40. The Bertz CT molecular complexity index is 1000. The monoisotopic (exact) mass is 391 g/mol. The average Bonchev–Trinajstić information content (AvgIpc) is 2.76. The highest BCUT2D eigenvalue weighted by Crippen LogP contribution is 2.29. The Morgan fingerprint density at radius 1 is 0.966 bits per heavy atom. The molecule has 0 aliphatic heterocycles. The molecule has 1 saturated carbocycles. The number of rotatable bonds is 5. The Morgan fingerprint density at radius 2 is 1.66 bits per heavy atom. The number of nitrogens with one attached hydrogen (secondary N) is 1. The minimum Gasteiger partial charge on any atom is -0.481 e. The van der Waals surface area contributed by atoms with Gasteiger partial charge in [0.05, 0.1) is 12.1 Å². The Kier molecular flexibility index (Phi) is 5.51. The molecule has 0 saturated heterocycles. The molecule has 5 nitrogen and oxygen atoms in total. The van der Waals surface area contributed by atoms with Crippen molar-refractivity contribution >= 4 is 11.9 Å². The van der Waals surface area contributed by atoms with E-state index >= 15 is 0 Å². The van der Waals surface area contributed by atoms with Crippen LogP contribution in [0.1, 0.15) is 25.7 Å². The number of carbonyl (C=O) groups is 1. The molecule has 29 heavy (non-hydrogen) atoms. The molecule has 1 fully saturated rings. The van der Waals surface area contributed by atoms with E-state index in [1.165, 1.54) is 6.20 Å². The zero-order chi connectivity index (χ0) is 20.2. The van der Waals surface area contributed by atoms with Crippen LogP contribution in [0.25, 0.3) is 22.4 Å². The number of hydrogen-bond acceptors (Lipinski definition) is 4. The van der Waals surface area contributed by atoms with Crippen molar-refractivity contribution < 1.29 is 14.3 Å². The molecule has 1 heterocycles. The number of hydrogen-bond donors (Lipinski definition) is 2. The minimum atomic E-state index is -0.734. The van der Waals surface area contributed by atoms with Crippen LogP contribution in [0, 0.1) is 11.7 Å². The SMILES string of the molecule is O=C(O)C1CCC(Nc2ncc(F)c(-c3cccc(-c4ccccc4)c3)n2)CC1. The van der Waals surface area contributed by atoms with Crippen molar-refractivity contribution in [1.29, 1.82) is 0 Å². The second-order valence-corrected chi connectivity index (χ2v) is 7.37. The number of nitrogens with zero attached hydrogens (tertiary/aromatic N) is 2. The van der Waals surface area contributed by atoms with Gasteiger partial charge in [-0.25, -0.2) is 14.4 Å². The number of aliphatic carboxylic acids is 1. The number of aromatic nitrogens is 2. The number of carboxylic acids is 1. The van der Waals surface area contributed by atoms with Crippen LogP contribution in [0.15, 0.2) is 60.8 Å². The molecule has 1 aromatic heterocycles. The zero-order valence-electron chi connectivity index (χ0n) is 15.9. The van der Waals surface area contributed by atoms with Crippen molar-refractivity contribution in [2.45, 2.75) is 31.7 Å². The lowest BCUT2D eigenvalue weighted by molar-refractivity contribution is -0.142. The van der Waals surface area contributed by atoms with E-state index in [1.807, 2.05) is 54.6 Å². The molecule has 0 bridgehead atoms. The van der Waals surface area contributed by atoms with E-state index in [0.717, 1.165) is 24.0 Å². The lowest BCUT2D eigenvalue weighted by atomic mass is 9.86. The van der Waals surface area contributed by atoms with Crippen LogP contribution >= 0.6 is 0 Å². The summed E-state index contributed by atoms with van der Waals surface area (Å²) in [6.45, 7) is 0. The highest BCUT2D eigenvalue weighted by Gasteiger charge is 2.26. The smallest absolute Gasteiger partial charge is 0.306 e. The topological polar surface area (TPSA) is 75.1 Å². The van der Waals surface area contributed by atoms with Gasteiger partial charge in [-0.15, -0.1) is 0 Å². The van der Waals surface area contributed by atoms with Crippen LogP contribution in [0.4, 0.5) is 10.3 Å². The predicted octanol–water partition coefficient (Wildman–Crippen LogP) is 5.01. The van der Waals surface area contributed by atoms with Gasteiger partial charge in [-0.1, -0.05) is 48.5 Å². The fourth-order valence-electron chi connectivity index (χ4n) is 3.78. The molecule has 0 amide bonds. The summed E-state index contributed by atoms with van der Waals surface area (Å²) >= 11 is 0. The summed E-state index contributed by atoms with van der Waals surface area (Å²) in [6.07, 6.45) is 3.90. The van der Waals surface area contributed by atoms with Crippen molar-refractivity contribution in [2.24, 2.45) is 5.92 Å². The molecule has 0 atom stereocenters. The van der Waals surface area contributed by atoms with E-state index in [2.05, 4.69) is 15.3 Å². The Hall–Kier alpha value is -3.28. The summed E-state index contributed by atoms with van der Waals surface area (Å²) in [4.78, 5) is 19.6. The Morgan fingerprint density at radius 3 is 2.38 bits per heavy atom. The Balaban J connectivity index is 1.54. The normalized spacial score (nSPS) is 18.9. The summed E-state index contributed by atoms with van der Waals surface area (Å²) in [5, 5.41) is 12.4. The maximum Gasteiger partial charge on any atom is 0.306 e. The highest BCUT2D eigenvalue weighted by molar-refractivity contribution is 5.72. The third-order valence-electron chi connectivity index (χ3n) is 5.40. The zero-order valence-corrected chi connectivity index (χ0v) is 15.9. The van der Waals surface area contributed by atoms with Gasteiger partial charge in [0.15, 0.2) is 5.82 Å². The lowest BCUT2D eigenvalue weighted by Gasteiger charge is -2.26. The van der Waals surface area contributed by atoms with E-state index in [0.29, 0.717) is 24.4 Å². The van der Waals surface area contributed by atoms with Crippen molar-refractivity contribution in [3.8, 4) is 22.4 Å². The van der Waals surface area contributed by atoms with E-state index in [1.54, 1.807) is 0 Å². The molecule has 148 valence electrons. The second kappa shape index (κ2) is 8.39. The van der Waals surface area contributed by atoms with Gasteiger partial charge in [0.1, 0.15) is 5.69 Å². The predicted molar refractivity (Wildman–Crippen MR) is 110 cm³/mol. The summed E-state index contributed by atoms with van der Waals surface area (Å²) in [7, 11) is 0. The van der Waals surface area contributed by atoms with E-state index < -0.39 is 11.8 Å². The number of carboxylic acid groups (broad SMARTS) is 1. The first kappa shape index (κ1) is 19.1. The molecule has 1 aliphatic rings. The molecule has 0 unspecified atom stereocenters.